The molecule has 0 atom stereocenters. The minimum Gasteiger partial charge on any atom is -0.473 e. The van der Waals surface area contributed by atoms with Crippen LogP contribution in [0.15, 0.2) is 0 Å². The van der Waals surface area contributed by atoms with Crippen LogP contribution in [-0.4, -0.2) is 27.6 Å². The van der Waals surface area contributed by atoms with Crippen molar-refractivity contribution in [3.8, 4) is 0 Å². The Bertz CT molecular complexity index is 76.4. The van der Waals surface area contributed by atoms with Crippen LogP contribution in [0.25, 0.3) is 0 Å². The molecule has 0 rings (SSSR count). The summed E-state index contributed by atoms with van der Waals surface area (Å²) in [7, 11) is 0. The molecule has 0 aromatic carbocycles. The molecule has 0 bridgehead atoms. The van der Waals surface area contributed by atoms with Gasteiger partial charge in [0.1, 0.15) is 0 Å². The van der Waals surface area contributed by atoms with Gasteiger partial charge in [0.15, 0.2) is 0 Å². The van der Waals surface area contributed by atoms with Gasteiger partial charge in [-0.15, -0.1) is 0 Å². The Labute approximate surface area is 60.1 Å². The summed E-state index contributed by atoms with van der Waals surface area (Å²) < 4.78 is 0. The van der Waals surface area contributed by atoms with Crippen LogP contribution in [0.2, 0.25) is 0 Å². The number of carboxylic acid groups (broad SMARTS) is 2. The fourth-order valence-electron chi connectivity index (χ4n) is 0. The smallest absolute Gasteiger partial charge is 0.414 e. The SMILES string of the molecule is O.O=C(O)C(=O)O.[Ag]. The van der Waals surface area contributed by atoms with Crippen molar-refractivity contribution in [1.82, 2.24) is 0 Å². The molecule has 6 heteroatoms. The second-order valence-corrected chi connectivity index (χ2v) is 0.610. The average molecular weight is 216 g/mol. The van der Waals surface area contributed by atoms with Crippen molar-refractivity contribution in [2.24, 2.45) is 0 Å². The van der Waals surface area contributed by atoms with Gasteiger partial charge in [-0.1, -0.05) is 0 Å². The van der Waals surface area contributed by atoms with Gasteiger partial charge in [-0.25, -0.2) is 9.59 Å². The number of hydrogen-bond acceptors (Lipinski definition) is 2. The summed E-state index contributed by atoms with van der Waals surface area (Å²) in [6.45, 7) is 0. The first kappa shape index (κ1) is 15.6. The second kappa shape index (κ2) is 6.64. The van der Waals surface area contributed by atoms with E-state index in [0.717, 1.165) is 0 Å². The van der Waals surface area contributed by atoms with Crippen molar-refractivity contribution < 1.29 is 47.7 Å². The van der Waals surface area contributed by atoms with E-state index in [2.05, 4.69) is 0 Å². The first-order chi connectivity index (χ1) is 2.64. The molecule has 5 nitrogen and oxygen atoms in total. The zero-order valence-corrected chi connectivity index (χ0v) is 4.99. The molecule has 0 aliphatic carbocycles. The minimum absolute atomic E-state index is 0. The quantitative estimate of drug-likeness (QED) is 0.372. The maximum absolute atomic E-state index is 9.10. The van der Waals surface area contributed by atoms with Crippen molar-refractivity contribution in [2.75, 3.05) is 0 Å². The van der Waals surface area contributed by atoms with Crippen molar-refractivity contribution >= 4 is 11.9 Å². The molecular formula is C2H4AgO5. The molecule has 0 fully saturated rings. The predicted molar refractivity (Wildman–Crippen MR) is 18.9 cm³/mol. The van der Waals surface area contributed by atoms with Gasteiger partial charge in [-0.2, -0.15) is 0 Å². The third-order valence-electron chi connectivity index (χ3n) is 0.183. The number of carboxylic acids is 2. The van der Waals surface area contributed by atoms with E-state index in [1.165, 1.54) is 0 Å². The van der Waals surface area contributed by atoms with Crippen LogP contribution < -0.4 is 0 Å². The Hall–Kier alpha value is -0.360. The molecule has 0 aromatic rings. The first-order valence-corrected chi connectivity index (χ1v) is 1.11. The standard InChI is InChI=1S/C2H2O4.Ag.H2O/c3-1(4)2(5)6;;/h(H,3,4)(H,5,6);;1H2. The zero-order chi connectivity index (χ0) is 5.15. The Morgan fingerprint density at radius 3 is 1.12 bits per heavy atom. The van der Waals surface area contributed by atoms with Gasteiger partial charge in [0.25, 0.3) is 0 Å². The van der Waals surface area contributed by atoms with Gasteiger partial charge >= 0.3 is 11.9 Å². The third-order valence-corrected chi connectivity index (χ3v) is 0.183. The van der Waals surface area contributed by atoms with E-state index in [-0.39, 0.29) is 27.9 Å². The summed E-state index contributed by atoms with van der Waals surface area (Å²) in [5, 5.41) is 14.8. The molecule has 0 aromatic heterocycles. The van der Waals surface area contributed by atoms with Gasteiger partial charge in [0, 0.05) is 22.4 Å². The van der Waals surface area contributed by atoms with E-state index in [4.69, 9.17) is 19.8 Å². The van der Waals surface area contributed by atoms with Crippen LogP contribution in [0.1, 0.15) is 0 Å². The molecule has 1 radical (unpaired) electrons. The van der Waals surface area contributed by atoms with Crippen LogP contribution in [0.5, 0.6) is 0 Å². The summed E-state index contributed by atoms with van der Waals surface area (Å²) in [4.78, 5) is 18.2. The minimum atomic E-state index is -1.82. The Morgan fingerprint density at radius 1 is 1.00 bits per heavy atom. The number of rotatable bonds is 0. The molecular weight excluding hydrogens is 212 g/mol. The Balaban J connectivity index is -0.000000125. The van der Waals surface area contributed by atoms with Crippen molar-refractivity contribution in [3.05, 3.63) is 0 Å². The second-order valence-electron chi connectivity index (χ2n) is 0.610. The largest absolute Gasteiger partial charge is 0.473 e. The molecule has 0 spiro atoms. The summed E-state index contributed by atoms with van der Waals surface area (Å²) in [6, 6.07) is 0. The Morgan fingerprint density at radius 2 is 1.12 bits per heavy atom. The van der Waals surface area contributed by atoms with E-state index in [1.807, 2.05) is 0 Å². The summed E-state index contributed by atoms with van der Waals surface area (Å²) in [5.74, 6) is -3.65. The maximum Gasteiger partial charge on any atom is 0.414 e. The molecule has 0 aliphatic rings. The fraction of sp³-hybridized carbons (Fsp3) is 0. The van der Waals surface area contributed by atoms with Gasteiger partial charge < -0.3 is 15.7 Å². The molecule has 4 N–H and O–H groups in total. The monoisotopic (exact) mass is 215 g/mol. The van der Waals surface area contributed by atoms with E-state index >= 15 is 0 Å². The van der Waals surface area contributed by atoms with Crippen LogP contribution in [-0.2, 0) is 32.0 Å². The molecule has 53 valence electrons. The van der Waals surface area contributed by atoms with Crippen LogP contribution in [0.4, 0.5) is 0 Å². The number of carbonyl (C=O) groups is 2. The van der Waals surface area contributed by atoms with Gasteiger partial charge in [-0.3, -0.25) is 0 Å². The summed E-state index contributed by atoms with van der Waals surface area (Å²) in [5.41, 5.74) is 0. The zero-order valence-electron chi connectivity index (χ0n) is 3.51. The fourth-order valence-corrected chi connectivity index (χ4v) is 0. The number of hydrogen-bond donors (Lipinski definition) is 2. The van der Waals surface area contributed by atoms with Crippen molar-refractivity contribution in [1.29, 1.82) is 0 Å². The molecule has 0 unspecified atom stereocenters. The van der Waals surface area contributed by atoms with E-state index in [9.17, 15) is 0 Å². The van der Waals surface area contributed by atoms with Crippen molar-refractivity contribution in [2.45, 2.75) is 0 Å². The van der Waals surface area contributed by atoms with Crippen LogP contribution >= 0.6 is 0 Å². The molecule has 0 saturated carbocycles. The molecule has 0 aliphatic heterocycles. The predicted octanol–water partition coefficient (Wildman–Crippen LogP) is -1.67. The molecule has 8 heavy (non-hydrogen) atoms. The van der Waals surface area contributed by atoms with Crippen LogP contribution in [0, 0.1) is 0 Å². The van der Waals surface area contributed by atoms with Crippen LogP contribution in [0.3, 0.4) is 0 Å². The maximum atomic E-state index is 9.10. The summed E-state index contributed by atoms with van der Waals surface area (Å²) in [6.07, 6.45) is 0. The Kier molecular flexibility index (Phi) is 13.0. The van der Waals surface area contributed by atoms with Gasteiger partial charge in [0.05, 0.1) is 0 Å². The normalized spacial score (nSPS) is 5.50. The van der Waals surface area contributed by atoms with Gasteiger partial charge in [-0.05, 0) is 0 Å². The van der Waals surface area contributed by atoms with E-state index in [0.29, 0.717) is 0 Å². The molecule has 0 heterocycles. The topological polar surface area (TPSA) is 106 Å². The first-order valence-electron chi connectivity index (χ1n) is 1.11. The average Bonchev–Trinajstić information content (AvgIpc) is 1.36. The van der Waals surface area contributed by atoms with Gasteiger partial charge in [0.2, 0.25) is 0 Å². The van der Waals surface area contributed by atoms with E-state index < -0.39 is 11.9 Å². The van der Waals surface area contributed by atoms with Crippen molar-refractivity contribution in [3.63, 3.8) is 0 Å². The molecule has 0 amide bonds. The number of aliphatic carboxylic acids is 2. The summed E-state index contributed by atoms with van der Waals surface area (Å²) >= 11 is 0. The van der Waals surface area contributed by atoms with E-state index in [1.54, 1.807) is 0 Å². The third kappa shape index (κ3) is 9.16. The molecule has 0 saturated heterocycles.